The van der Waals surface area contributed by atoms with Crippen LogP contribution in [0.2, 0.25) is 0 Å². The molecule has 31 heavy (non-hydrogen) atoms. The number of fused-ring (bicyclic) bond motifs is 1. The quantitative estimate of drug-likeness (QED) is 0.595. The Labute approximate surface area is 180 Å². The third kappa shape index (κ3) is 3.54. The molecule has 2 aromatic heterocycles. The Morgan fingerprint density at radius 1 is 1.23 bits per heavy atom. The van der Waals surface area contributed by atoms with Crippen LogP contribution in [0.15, 0.2) is 23.2 Å². The number of alkyl halides is 2. The molecule has 0 unspecified atom stereocenters. The van der Waals surface area contributed by atoms with Gasteiger partial charge in [-0.3, -0.25) is 0 Å². The third-order valence-corrected chi connectivity index (χ3v) is 7.91. The first kappa shape index (κ1) is 20.2. The molecular weight excluding hydrogens is 448 g/mol. The minimum atomic E-state index is -3.99. The zero-order chi connectivity index (χ0) is 21.8. The fourth-order valence-corrected chi connectivity index (χ4v) is 5.78. The summed E-state index contributed by atoms with van der Waals surface area (Å²) in [7, 11) is -3.99. The van der Waals surface area contributed by atoms with E-state index >= 15 is 0 Å². The number of nitriles is 1. The average Bonchev–Trinajstić information content (AvgIpc) is 3.21. The molecule has 1 aromatic carbocycles. The molecule has 3 heterocycles. The number of aromatic nitrogens is 4. The van der Waals surface area contributed by atoms with Crippen LogP contribution in [0.1, 0.15) is 37.1 Å². The van der Waals surface area contributed by atoms with Gasteiger partial charge in [-0.05, 0) is 37.8 Å². The monoisotopic (exact) mass is 465 g/mol. The number of hydrogen-bond acceptors (Lipinski definition) is 8. The van der Waals surface area contributed by atoms with Crippen molar-refractivity contribution in [3.05, 3.63) is 23.3 Å². The van der Waals surface area contributed by atoms with Gasteiger partial charge in [-0.15, -0.1) is 10.2 Å². The molecule has 1 aliphatic carbocycles. The average molecular weight is 466 g/mol. The molecule has 0 bridgehead atoms. The number of sulfonamides is 1. The Morgan fingerprint density at radius 2 is 1.97 bits per heavy atom. The second-order valence-corrected chi connectivity index (χ2v) is 10.3. The summed E-state index contributed by atoms with van der Waals surface area (Å²) in [6.45, 7) is 1.54. The molecule has 2 aliphatic rings. The Hall–Kier alpha value is -2.69. The molecule has 1 aliphatic heterocycles. The van der Waals surface area contributed by atoms with Crippen LogP contribution in [0.5, 0.6) is 0 Å². The predicted molar refractivity (Wildman–Crippen MR) is 109 cm³/mol. The summed E-state index contributed by atoms with van der Waals surface area (Å²) < 4.78 is 56.0. The van der Waals surface area contributed by atoms with Crippen LogP contribution in [0.25, 0.3) is 16.0 Å². The van der Waals surface area contributed by atoms with Crippen molar-refractivity contribution in [2.45, 2.75) is 42.5 Å². The van der Waals surface area contributed by atoms with Crippen LogP contribution in [-0.2, 0) is 10.0 Å². The number of halogens is 2. The number of nitrogens with one attached hydrogen (secondary N) is 1. The Morgan fingerprint density at radius 3 is 2.58 bits per heavy atom. The van der Waals surface area contributed by atoms with Gasteiger partial charge in [0.05, 0.1) is 22.7 Å². The second-order valence-electron chi connectivity index (χ2n) is 7.65. The number of nitrogens with zero attached hydrogens (tertiary/aromatic N) is 6. The van der Waals surface area contributed by atoms with Gasteiger partial charge in [0.2, 0.25) is 15.2 Å². The molecule has 13 heteroatoms. The van der Waals surface area contributed by atoms with E-state index < -0.39 is 27.0 Å². The normalized spacial score (nSPS) is 18.1. The van der Waals surface area contributed by atoms with Gasteiger partial charge < -0.3 is 4.90 Å². The molecule has 0 amide bonds. The molecule has 162 valence electrons. The molecule has 1 N–H and O–H groups in total. The molecule has 3 aromatic rings. The zero-order valence-corrected chi connectivity index (χ0v) is 17.8. The summed E-state index contributed by atoms with van der Waals surface area (Å²) in [5, 5.41) is 21.3. The van der Waals surface area contributed by atoms with E-state index in [1.54, 1.807) is 12.3 Å². The molecule has 0 atom stereocenters. The largest absolute Gasteiger partial charge is 0.371 e. The number of anilines is 1. The molecule has 0 spiro atoms. The summed E-state index contributed by atoms with van der Waals surface area (Å²) in [6.07, 6.45) is 1.71. The summed E-state index contributed by atoms with van der Waals surface area (Å²) in [5.74, 6) is 0. The molecular formula is C18H17F2N7O2S2. The summed E-state index contributed by atoms with van der Waals surface area (Å²) in [4.78, 5) is 2.07. The second kappa shape index (κ2) is 7.18. The van der Waals surface area contributed by atoms with E-state index in [1.807, 2.05) is 6.07 Å². The van der Waals surface area contributed by atoms with Crippen molar-refractivity contribution in [3.8, 4) is 11.2 Å². The minimum absolute atomic E-state index is 0.0104. The van der Waals surface area contributed by atoms with E-state index in [2.05, 4.69) is 24.9 Å². The van der Waals surface area contributed by atoms with E-state index in [0.29, 0.717) is 40.8 Å². The SMILES string of the molecule is N#CC1(NS(=O)(=O)c2cc(N3CCCC3)c3cnn(-c4nnc(C(F)F)s4)c3c2)CC1. The highest BCUT2D eigenvalue weighted by Gasteiger charge is 2.47. The maximum Gasteiger partial charge on any atom is 0.291 e. The first-order chi connectivity index (χ1) is 14.8. The predicted octanol–water partition coefficient (Wildman–Crippen LogP) is 2.75. The highest BCUT2D eigenvalue weighted by Crippen LogP contribution is 2.38. The van der Waals surface area contributed by atoms with E-state index in [4.69, 9.17) is 0 Å². The Bertz CT molecular complexity index is 1300. The smallest absolute Gasteiger partial charge is 0.291 e. The molecule has 2 fully saturated rings. The summed E-state index contributed by atoms with van der Waals surface area (Å²) >= 11 is 0.695. The van der Waals surface area contributed by atoms with E-state index in [0.717, 1.165) is 25.9 Å². The molecule has 5 rings (SSSR count). The van der Waals surface area contributed by atoms with Crippen LogP contribution < -0.4 is 9.62 Å². The Kier molecular flexibility index (Phi) is 4.68. The lowest BCUT2D eigenvalue weighted by atomic mass is 10.2. The molecule has 0 radical (unpaired) electrons. The van der Waals surface area contributed by atoms with Crippen molar-refractivity contribution in [2.75, 3.05) is 18.0 Å². The fraction of sp³-hybridized carbons (Fsp3) is 0.444. The van der Waals surface area contributed by atoms with Gasteiger partial charge in [-0.1, -0.05) is 11.3 Å². The topological polar surface area (TPSA) is 117 Å². The lowest BCUT2D eigenvalue weighted by Crippen LogP contribution is -2.35. The van der Waals surface area contributed by atoms with Crippen LogP contribution in [-0.4, -0.2) is 47.0 Å². The van der Waals surface area contributed by atoms with Gasteiger partial charge in [0.1, 0.15) is 5.54 Å². The number of hydrogen-bond donors (Lipinski definition) is 1. The van der Waals surface area contributed by atoms with Gasteiger partial charge in [-0.25, -0.2) is 21.9 Å². The first-order valence-corrected chi connectivity index (χ1v) is 12.0. The van der Waals surface area contributed by atoms with Crippen molar-refractivity contribution in [1.29, 1.82) is 5.26 Å². The maximum atomic E-state index is 13.1. The van der Waals surface area contributed by atoms with Gasteiger partial charge in [0.25, 0.3) is 6.43 Å². The standard InChI is InChI=1S/C18H17F2N7O2S2/c19-15(20)16-23-24-17(30-16)27-14-8-11(31(28,29)25-18(10-21)3-4-18)7-13(12(14)9-22-27)26-5-1-2-6-26/h7-9,15,25H,1-6H2. The first-order valence-electron chi connectivity index (χ1n) is 9.66. The minimum Gasteiger partial charge on any atom is -0.371 e. The van der Waals surface area contributed by atoms with Crippen molar-refractivity contribution < 1.29 is 17.2 Å². The zero-order valence-electron chi connectivity index (χ0n) is 16.1. The van der Waals surface area contributed by atoms with Crippen LogP contribution in [0, 0.1) is 11.3 Å². The molecule has 9 nitrogen and oxygen atoms in total. The number of benzene rings is 1. The van der Waals surface area contributed by atoms with Crippen molar-refractivity contribution in [3.63, 3.8) is 0 Å². The molecule has 1 saturated heterocycles. The van der Waals surface area contributed by atoms with Gasteiger partial charge in [0, 0.05) is 24.2 Å². The fourth-order valence-electron chi connectivity index (χ4n) is 3.69. The van der Waals surface area contributed by atoms with Crippen molar-refractivity contribution in [1.82, 2.24) is 24.7 Å². The van der Waals surface area contributed by atoms with E-state index in [-0.39, 0.29) is 10.0 Å². The van der Waals surface area contributed by atoms with E-state index in [9.17, 15) is 22.5 Å². The van der Waals surface area contributed by atoms with Gasteiger partial charge >= 0.3 is 0 Å². The van der Waals surface area contributed by atoms with Crippen molar-refractivity contribution in [2.24, 2.45) is 0 Å². The van der Waals surface area contributed by atoms with Crippen LogP contribution in [0.4, 0.5) is 14.5 Å². The third-order valence-electron chi connectivity index (χ3n) is 5.49. The maximum absolute atomic E-state index is 13.1. The lowest BCUT2D eigenvalue weighted by Gasteiger charge is -2.20. The van der Waals surface area contributed by atoms with Crippen molar-refractivity contribution >= 4 is 38.0 Å². The van der Waals surface area contributed by atoms with Crippen LogP contribution >= 0.6 is 11.3 Å². The summed E-state index contributed by atoms with van der Waals surface area (Å²) in [6, 6.07) is 5.04. The highest BCUT2D eigenvalue weighted by molar-refractivity contribution is 7.89. The van der Waals surface area contributed by atoms with E-state index in [1.165, 1.54) is 10.7 Å². The lowest BCUT2D eigenvalue weighted by molar-refractivity contribution is 0.150. The molecule has 1 saturated carbocycles. The van der Waals surface area contributed by atoms with Gasteiger partial charge in [-0.2, -0.15) is 15.1 Å². The summed E-state index contributed by atoms with van der Waals surface area (Å²) in [5.41, 5.74) is 0.0540. The van der Waals surface area contributed by atoms with Crippen LogP contribution in [0.3, 0.4) is 0 Å². The Balaban J connectivity index is 1.66. The number of rotatable bonds is 6. The highest BCUT2D eigenvalue weighted by atomic mass is 32.2. The van der Waals surface area contributed by atoms with Gasteiger partial charge in [0.15, 0.2) is 5.01 Å².